The van der Waals surface area contributed by atoms with E-state index < -0.39 is 0 Å². The van der Waals surface area contributed by atoms with E-state index in [0.717, 1.165) is 51.4 Å². The topological polar surface area (TPSA) is 158 Å². The molecule has 0 aliphatic carbocycles. The van der Waals surface area contributed by atoms with E-state index in [1.807, 2.05) is 27.7 Å². The number of carbonyl (C=O) groups excluding carboxylic acids is 2. The molecule has 4 heterocycles. The standard InChI is InChI=1S/2C16H24N4O3/c2*1-4-6-8-19-14-13(18(11-17-14)10-12(3)21)15(22)20(16(19)23)9-7-5-2/h2*11H,4-10H2,1-3H3. The number of rotatable bonds is 16. The minimum Gasteiger partial charge on any atom is -0.317 e. The van der Waals surface area contributed by atoms with E-state index in [-0.39, 0.29) is 47.2 Å². The van der Waals surface area contributed by atoms with Gasteiger partial charge < -0.3 is 9.13 Å². The van der Waals surface area contributed by atoms with Crippen molar-refractivity contribution in [2.45, 2.75) is 132 Å². The molecule has 0 saturated heterocycles. The fourth-order valence-electron chi connectivity index (χ4n) is 5.26. The summed E-state index contributed by atoms with van der Waals surface area (Å²) in [6.07, 6.45) is 9.80. The Morgan fingerprint density at radius 1 is 0.543 bits per heavy atom. The maximum Gasteiger partial charge on any atom is 0.332 e. The van der Waals surface area contributed by atoms with Gasteiger partial charge in [0.2, 0.25) is 0 Å². The molecule has 252 valence electrons. The number of unbranched alkanes of at least 4 members (excludes halogenated alkanes) is 4. The molecule has 46 heavy (non-hydrogen) atoms. The minimum atomic E-state index is -0.357. The summed E-state index contributed by atoms with van der Waals surface area (Å²) in [5, 5.41) is 0. The molecule has 0 aliphatic heterocycles. The second kappa shape index (κ2) is 16.8. The average molecular weight is 641 g/mol. The predicted octanol–water partition coefficient (Wildman–Crippen LogP) is 3.10. The molecular formula is C32H48N8O6. The highest BCUT2D eigenvalue weighted by Gasteiger charge is 2.19. The van der Waals surface area contributed by atoms with E-state index in [2.05, 4.69) is 9.97 Å². The smallest absolute Gasteiger partial charge is 0.317 e. The summed E-state index contributed by atoms with van der Waals surface area (Å²) >= 11 is 0. The number of hydrogen-bond acceptors (Lipinski definition) is 8. The second-order valence-electron chi connectivity index (χ2n) is 11.7. The Kier molecular flexibility index (Phi) is 13.2. The van der Waals surface area contributed by atoms with Crippen molar-refractivity contribution in [3.05, 3.63) is 54.3 Å². The highest BCUT2D eigenvalue weighted by Crippen LogP contribution is 2.10. The molecule has 4 rings (SSSR count). The van der Waals surface area contributed by atoms with Gasteiger partial charge in [-0.25, -0.2) is 19.6 Å². The summed E-state index contributed by atoms with van der Waals surface area (Å²) in [5.74, 6) is -0.120. The monoisotopic (exact) mass is 640 g/mol. The van der Waals surface area contributed by atoms with E-state index in [1.54, 1.807) is 18.3 Å². The van der Waals surface area contributed by atoms with Gasteiger partial charge in [0.1, 0.15) is 11.6 Å². The number of imidazole rings is 2. The summed E-state index contributed by atoms with van der Waals surface area (Å²) in [5.41, 5.74) is 0.105. The van der Waals surface area contributed by atoms with Crippen LogP contribution in [0.2, 0.25) is 0 Å². The van der Waals surface area contributed by atoms with Gasteiger partial charge >= 0.3 is 11.4 Å². The quantitative estimate of drug-likeness (QED) is 0.181. The van der Waals surface area contributed by atoms with Crippen molar-refractivity contribution < 1.29 is 9.59 Å². The van der Waals surface area contributed by atoms with Gasteiger partial charge in [-0.05, 0) is 39.5 Å². The molecule has 0 atom stereocenters. The van der Waals surface area contributed by atoms with Crippen LogP contribution in [0.4, 0.5) is 0 Å². The molecule has 0 spiro atoms. The zero-order valence-electron chi connectivity index (χ0n) is 28.1. The number of nitrogens with zero attached hydrogens (tertiary/aromatic N) is 8. The van der Waals surface area contributed by atoms with E-state index >= 15 is 0 Å². The molecule has 0 aromatic carbocycles. The normalized spacial score (nSPS) is 11.3. The molecule has 4 aromatic heterocycles. The molecule has 0 bridgehead atoms. The maximum absolute atomic E-state index is 12.7. The lowest BCUT2D eigenvalue weighted by molar-refractivity contribution is -0.118. The zero-order valence-corrected chi connectivity index (χ0v) is 28.1. The van der Waals surface area contributed by atoms with Gasteiger partial charge in [0.05, 0.1) is 25.7 Å². The number of ketones is 2. The number of aromatic nitrogens is 8. The zero-order chi connectivity index (χ0) is 34.0. The maximum atomic E-state index is 12.7. The van der Waals surface area contributed by atoms with Crippen LogP contribution in [0.5, 0.6) is 0 Å². The SMILES string of the molecule is CCCCn1c(=O)c2c(ncn2CC(C)=O)n(CCCC)c1=O.CCCCn1c(=O)c2c(ncn2CC(C)=O)n(CCCC)c1=O. The van der Waals surface area contributed by atoms with E-state index in [4.69, 9.17) is 0 Å². The molecule has 0 saturated carbocycles. The Morgan fingerprint density at radius 3 is 1.13 bits per heavy atom. The van der Waals surface area contributed by atoms with Crippen LogP contribution in [0.25, 0.3) is 22.3 Å². The first-order valence-electron chi connectivity index (χ1n) is 16.4. The van der Waals surface area contributed by atoms with Crippen molar-refractivity contribution >= 4 is 33.9 Å². The van der Waals surface area contributed by atoms with Crippen LogP contribution in [0.3, 0.4) is 0 Å². The van der Waals surface area contributed by atoms with Gasteiger partial charge in [-0.15, -0.1) is 0 Å². The molecule has 0 radical (unpaired) electrons. The largest absolute Gasteiger partial charge is 0.332 e. The third-order valence-corrected chi connectivity index (χ3v) is 7.69. The first-order valence-corrected chi connectivity index (χ1v) is 16.4. The molecule has 4 aromatic rings. The molecule has 0 amide bonds. The molecule has 0 N–H and O–H groups in total. The first-order chi connectivity index (χ1) is 22.0. The van der Waals surface area contributed by atoms with E-state index in [9.17, 15) is 28.8 Å². The number of hydrogen-bond donors (Lipinski definition) is 0. The van der Waals surface area contributed by atoms with Crippen molar-refractivity contribution in [2.75, 3.05) is 0 Å². The van der Waals surface area contributed by atoms with Gasteiger partial charge in [0.15, 0.2) is 22.3 Å². The number of carbonyl (C=O) groups is 2. The minimum absolute atomic E-state index is 0.0601. The van der Waals surface area contributed by atoms with Crippen LogP contribution >= 0.6 is 0 Å². The summed E-state index contributed by atoms with van der Waals surface area (Å²) < 4.78 is 8.77. The molecule has 0 aliphatic rings. The van der Waals surface area contributed by atoms with Gasteiger partial charge in [-0.2, -0.15) is 0 Å². The lowest BCUT2D eigenvalue weighted by atomic mass is 10.3. The molecule has 0 fully saturated rings. The van der Waals surface area contributed by atoms with Gasteiger partial charge in [0.25, 0.3) is 11.1 Å². The van der Waals surface area contributed by atoms with Crippen molar-refractivity contribution in [1.82, 2.24) is 37.4 Å². The Hall–Kier alpha value is -4.36. The van der Waals surface area contributed by atoms with Crippen molar-refractivity contribution in [2.24, 2.45) is 0 Å². The van der Waals surface area contributed by atoms with Gasteiger partial charge in [-0.1, -0.05) is 53.4 Å². The lowest BCUT2D eigenvalue weighted by Crippen LogP contribution is -2.40. The second-order valence-corrected chi connectivity index (χ2v) is 11.7. The highest BCUT2D eigenvalue weighted by atomic mass is 16.2. The van der Waals surface area contributed by atoms with Crippen LogP contribution in [0.1, 0.15) is 92.9 Å². The number of aryl methyl sites for hydroxylation is 2. The summed E-state index contributed by atoms with van der Waals surface area (Å²) in [4.78, 5) is 82.1. The number of fused-ring (bicyclic) bond motifs is 2. The summed E-state index contributed by atoms with van der Waals surface area (Å²) in [7, 11) is 0. The van der Waals surface area contributed by atoms with Crippen molar-refractivity contribution in [3.63, 3.8) is 0 Å². The molecule has 14 heteroatoms. The third-order valence-electron chi connectivity index (χ3n) is 7.69. The fourth-order valence-corrected chi connectivity index (χ4v) is 5.26. The summed E-state index contributed by atoms with van der Waals surface area (Å²) in [6, 6.07) is 0. The Bertz CT molecular complexity index is 1760. The molecule has 14 nitrogen and oxygen atoms in total. The van der Waals surface area contributed by atoms with Crippen LogP contribution in [-0.4, -0.2) is 48.9 Å². The number of Topliss-reactive ketones (excluding diaryl/α,β-unsaturated/α-hetero) is 2. The van der Waals surface area contributed by atoms with Gasteiger partial charge in [0, 0.05) is 26.2 Å². The van der Waals surface area contributed by atoms with Crippen molar-refractivity contribution in [3.8, 4) is 0 Å². The Morgan fingerprint density at radius 2 is 0.848 bits per heavy atom. The Balaban J connectivity index is 0.000000250. The Labute approximate surface area is 267 Å². The van der Waals surface area contributed by atoms with Crippen molar-refractivity contribution in [1.29, 1.82) is 0 Å². The fraction of sp³-hybridized carbons (Fsp3) is 0.625. The lowest BCUT2D eigenvalue weighted by Gasteiger charge is -2.11. The van der Waals surface area contributed by atoms with Crippen LogP contribution < -0.4 is 22.5 Å². The van der Waals surface area contributed by atoms with Gasteiger partial charge in [-0.3, -0.25) is 37.4 Å². The molecular weight excluding hydrogens is 592 g/mol. The van der Waals surface area contributed by atoms with Crippen LogP contribution in [0.15, 0.2) is 31.8 Å². The average Bonchev–Trinajstić information content (AvgIpc) is 3.61. The summed E-state index contributed by atoms with van der Waals surface area (Å²) in [6.45, 7) is 13.1. The van der Waals surface area contributed by atoms with E-state index in [0.29, 0.717) is 48.5 Å². The molecule has 0 unspecified atom stereocenters. The third kappa shape index (κ3) is 8.07. The first kappa shape index (κ1) is 36.1. The highest BCUT2D eigenvalue weighted by molar-refractivity contribution is 5.79. The predicted molar refractivity (Wildman–Crippen MR) is 177 cm³/mol. The van der Waals surface area contributed by atoms with E-state index in [1.165, 1.54) is 35.6 Å². The van der Waals surface area contributed by atoms with Crippen LogP contribution in [0, 0.1) is 0 Å². The van der Waals surface area contributed by atoms with Crippen LogP contribution in [-0.2, 0) is 48.9 Å².